The summed E-state index contributed by atoms with van der Waals surface area (Å²) >= 11 is 0. The Morgan fingerprint density at radius 1 is 1.09 bits per heavy atom. The molecule has 3 rings (SSSR count). The molecule has 0 aliphatic heterocycles. The molecule has 4 nitrogen and oxygen atoms in total. The molecule has 0 radical (unpaired) electrons. The van der Waals surface area contributed by atoms with Crippen molar-refractivity contribution >= 4 is 5.91 Å². The fourth-order valence-corrected chi connectivity index (χ4v) is 4.14. The van der Waals surface area contributed by atoms with Gasteiger partial charge in [0.15, 0.2) is 0 Å². The van der Waals surface area contributed by atoms with E-state index in [1.807, 2.05) is 6.07 Å². The Hall–Kier alpha value is -2.28. The lowest BCUT2D eigenvalue weighted by Gasteiger charge is -2.34. The Labute approximate surface area is 182 Å². The predicted octanol–water partition coefficient (Wildman–Crippen LogP) is 5.17. The number of alkyl halides is 5. The Bertz CT molecular complexity index is 839. The number of benzene rings is 1. The van der Waals surface area contributed by atoms with E-state index < -0.39 is 59.3 Å². The molecule has 1 unspecified atom stereocenters. The molecule has 2 fully saturated rings. The minimum Gasteiger partial charge on any atom is -0.336 e. The summed E-state index contributed by atoms with van der Waals surface area (Å²) in [6, 6.07) is 0.971. The molecule has 0 heterocycles. The van der Waals surface area contributed by atoms with E-state index in [2.05, 4.69) is 10.6 Å². The van der Waals surface area contributed by atoms with E-state index in [9.17, 15) is 27.6 Å². The number of halogens is 6. The van der Waals surface area contributed by atoms with Crippen LogP contribution in [0.4, 0.5) is 26.3 Å². The molecule has 1 aromatic carbocycles. The van der Waals surface area contributed by atoms with Crippen LogP contribution in [0.2, 0.25) is 0 Å². The highest BCUT2D eigenvalue weighted by molar-refractivity contribution is 5.83. The fourth-order valence-electron chi connectivity index (χ4n) is 4.14. The van der Waals surface area contributed by atoms with Crippen LogP contribution >= 0.6 is 0 Å². The molecule has 32 heavy (non-hydrogen) atoms. The molecule has 0 aromatic heterocycles. The Morgan fingerprint density at radius 3 is 2.19 bits per heavy atom. The van der Waals surface area contributed by atoms with Crippen molar-refractivity contribution in [1.82, 2.24) is 10.6 Å². The van der Waals surface area contributed by atoms with Crippen LogP contribution in [-0.4, -0.2) is 29.6 Å². The van der Waals surface area contributed by atoms with Crippen molar-refractivity contribution in [2.24, 2.45) is 5.92 Å². The Morgan fingerprint density at radius 2 is 1.69 bits per heavy atom. The number of carbonyl (C=O) groups excluding carboxylic acids is 1. The van der Waals surface area contributed by atoms with Gasteiger partial charge in [0.05, 0.1) is 12.1 Å². The van der Waals surface area contributed by atoms with E-state index in [0.717, 1.165) is 30.7 Å². The maximum Gasteiger partial charge on any atom is 0.407 e. The standard InChI is InChI=1S/C22H25F6N3O/c23-16-8-6-14(7-9-16)18(22(26,27)28)30-17(19(32)31-20(13-29)10-11-20)12-21(24,25)15-4-2-1-3-5-15/h6-9,15,17-18,30H,1-5,10-12H2,(H,31,32)/t17?,18-/m0/s1. The van der Waals surface area contributed by atoms with Crippen molar-refractivity contribution in [1.29, 1.82) is 5.26 Å². The number of hydrogen-bond donors (Lipinski definition) is 2. The van der Waals surface area contributed by atoms with E-state index in [-0.39, 0.29) is 12.8 Å². The van der Waals surface area contributed by atoms with Crippen LogP contribution in [0.5, 0.6) is 0 Å². The molecule has 1 amide bonds. The maximum atomic E-state index is 15.0. The largest absolute Gasteiger partial charge is 0.407 e. The van der Waals surface area contributed by atoms with E-state index in [1.165, 1.54) is 0 Å². The molecule has 2 N–H and O–H groups in total. The Kier molecular flexibility index (Phi) is 7.08. The van der Waals surface area contributed by atoms with Crippen LogP contribution in [-0.2, 0) is 4.79 Å². The molecular formula is C22H25F6N3O. The van der Waals surface area contributed by atoms with Crippen molar-refractivity contribution < 1.29 is 31.1 Å². The van der Waals surface area contributed by atoms with Crippen LogP contribution in [0.3, 0.4) is 0 Å². The summed E-state index contributed by atoms with van der Waals surface area (Å²) < 4.78 is 84.7. The normalized spacial score (nSPS) is 20.8. The van der Waals surface area contributed by atoms with Crippen molar-refractivity contribution in [2.75, 3.05) is 0 Å². The molecule has 2 atom stereocenters. The smallest absolute Gasteiger partial charge is 0.336 e. The second kappa shape index (κ2) is 9.30. The molecule has 0 bridgehead atoms. The average molecular weight is 461 g/mol. The van der Waals surface area contributed by atoms with E-state index >= 15 is 8.78 Å². The molecule has 1 aromatic rings. The minimum absolute atomic E-state index is 0.240. The molecule has 10 heteroatoms. The molecule has 2 aliphatic carbocycles. The quantitative estimate of drug-likeness (QED) is 0.526. The number of nitrogens with one attached hydrogen (secondary N) is 2. The maximum absolute atomic E-state index is 15.0. The lowest BCUT2D eigenvalue weighted by molar-refractivity contribution is -0.164. The van der Waals surface area contributed by atoms with Gasteiger partial charge in [-0.25, -0.2) is 13.2 Å². The predicted molar refractivity (Wildman–Crippen MR) is 104 cm³/mol. The van der Waals surface area contributed by atoms with Gasteiger partial charge >= 0.3 is 6.18 Å². The SMILES string of the molecule is N#CC1(NC(=O)C(CC(F)(F)C2CCCCC2)N[C@@H](c2ccc(F)cc2)C(F)(F)F)CC1. The van der Waals surface area contributed by atoms with Gasteiger partial charge in [0.2, 0.25) is 5.91 Å². The first-order valence-corrected chi connectivity index (χ1v) is 10.7. The third-order valence-corrected chi connectivity index (χ3v) is 6.22. The first kappa shape index (κ1) is 24.4. The number of amides is 1. The molecule has 176 valence electrons. The van der Waals surface area contributed by atoms with Gasteiger partial charge in [-0.05, 0) is 43.4 Å². The lowest BCUT2D eigenvalue weighted by Crippen LogP contribution is -2.54. The van der Waals surface area contributed by atoms with Gasteiger partial charge in [0.25, 0.3) is 5.92 Å². The summed E-state index contributed by atoms with van der Waals surface area (Å²) in [5.41, 5.74) is -1.63. The first-order valence-electron chi connectivity index (χ1n) is 10.7. The third kappa shape index (κ3) is 5.94. The highest BCUT2D eigenvalue weighted by atomic mass is 19.4. The molecule has 2 saturated carbocycles. The third-order valence-electron chi connectivity index (χ3n) is 6.22. The van der Waals surface area contributed by atoms with E-state index in [0.29, 0.717) is 25.7 Å². The van der Waals surface area contributed by atoms with Crippen LogP contribution < -0.4 is 10.6 Å². The van der Waals surface area contributed by atoms with Gasteiger partial charge < -0.3 is 5.32 Å². The zero-order valence-electron chi connectivity index (χ0n) is 17.3. The summed E-state index contributed by atoms with van der Waals surface area (Å²) in [5.74, 6) is -6.21. The van der Waals surface area contributed by atoms with Crippen LogP contribution in [0.25, 0.3) is 0 Å². The summed E-state index contributed by atoms with van der Waals surface area (Å²) in [5, 5.41) is 13.6. The van der Waals surface area contributed by atoms with Gasteiger partial charge in [-0.2, -0.15) is 18.4 Å². The molecule has 2 aliphatic rings. The molecular weight excluding hydrogens is 436 g/mol. The zero-order chi connectivity index (χ0) is 23.6. The van der Waals surface area contributed by atoms with Gasteiger partial charge in [0.1, 0.15) is 17.4 Å². The number of hydrogen-bond acceptors (Lipinski definition) is 3. The lowest BCUT2D eigenvalue weighted by atomic mass is 9.82. The number of rotatable bonds is 8. The van der Waals surface area contributed by atoms with Crippen molar-refractivity contribution in [3.8, 4) is 6.07 Å². The number of nitriles is 1. The summed E-state index contributed by atoms with van der Waals surface area (Å²) in [4.78, 5) is 12.8. The molecule has 0 spiro atoms. The van der Waals surface area contributed by atoms with E-state index in [4.69, 9.17) is 0 Å². The van der Waals surface area contributed by atoms with Crippen molar-refractivity contribution in [3.63, 3.8) is 0 Å². The van der Waals surface area contributed by atoms with Crippen LogP contribution in [0.15, 0.2) is 24.3 Å². The van der Waals surface area contributed by atoms with Gasteiger partial charge in [-0.1, -0.05) is 31.4 Å². The second-order valence-electron chi connectivity index (χ2n) is 8.73. The Balaban J connectivity index is 1.86. The van der Waals surface area contributed by atoms with Crippen molar-refractivity contribution in [3.05, 3.63) is 35.6 Å². The monoisotopic (exact) mass is 461 g/mol. The summed E-state index contributed by atoms with van der Waals surface area (Å²) in [7, 11) is 0. The van der Waals surface area contributed by atoms with Crippen LogP contribution in [0.1, 0.15) is 63.0 Å². The fraction of sp³-hybridized carbons (Fsp3) is 0.636. The summed E-state index contributed by atoms with van der Waals surface area (Å²) in [6.45, 7) is 0. The van der Waals surface area contributed by atoms with Gasteiger partial charge in [-0.3, -0.25) is 10.1 Å². The molecule has 0 saturated heterocycles. The summed E-state index contributed by atoms with van der Waals surface area (Å²) in [6.07, 6.45) is -2.94. The number of nitrogens with zero attached hydrogens (tertiary/aromatic N) is 1. The van der Waals surface area contributed by atoms with Crippen molar-refractivity contribution in [2.45, 2.75) is 81.1 Å². The second-order valence-corrected chi connectivity index (χ2v) is 8.73. The average Bonchev–Trinajstić information content (AvgIpc) is 3.51. The number of carbonyl (C=O) groups is 1. The topological polar surface area (TPSA) is 64.9 Å². The minimum atomic E-state index is -4.93. The highest BCUT2D eigenvalue weighted by Crippen LogP contribution is 2.41. The first-order chi connectivity index (χ1) is 15.0. The van der Waals surface area contributed by atoms with Gasteiger partial charge in [0, 0.05) is 12.3 Å². The zero-order valence-corrected chi connectivity index (χ0v) is 17.3. The van der Waals surface area contributed by atoms with E-state index in [1.54, 1.807) is 0 Å². The van der Waals surface area contributed by atoms with Gasteiger partial charge in [-0.15, -0.1) is 0 Å². The highest BCUT2D eigenvalue weighted by Gasteiger charge is 2.50. The van der Waals surface area contributed by atoms with Crippen LogP contribution in [0, 0.1) is 23.1 Å².